The molecule has 1 rings (SSSR count). The summed E-state index contributed by atoms with van der Waals surface area (Å²) in [6.45, 7) is 8.67. The van der Waals surface area contributed by atoms with Crippen LogP contribution in [0.25, 0.3) is 0 Å². The van der Waals surface area contributed by atoms with Gasteiger partial charge in [-0.25, -0.2) is 9.59 Å². The van der Waals surface area contributed by atoms with Gasteiger partial charge in [-0.05, 0) is 45.4 Å². The maximum absolute atomic E-state index is 11.8. The smallest absolute Gasteiger partial charge is 0.408 e. The minimum absolute atomic E-state index is 0.147. The van der Waals surface area contributed by atoms with Gasteiger partial charge in [-0.15, -0.1) is 0 Å². The first-order chi connectivity index (χ1) is 11.7. The van der Waals surface area contributed by atoms with Crippen molar-refractivity contribution in [1.82, 2.24) is 5.32 Å². The Hall–Kier alpha value is -2.28. The molecule has 0 aliphatic carbocycles. The highest BCUT2D eigenvalue weighted by molar-refractivity contribution is 5.80. The second-order valence-corrected chi connectivity index (χ2v) is 6.43. The van der Waals surface area contributed by atoms with Crippen molar-refractivity contribution in [1.29, 1.82) is 0 Å². The van der Waals surface area contributed by atoms with Gasteiger partial charge < -0.3 is 24.6 Å². The first kappa shape index (κ1) is 20.8. The molecule has 7 heteroatoms. The second kappa shape index (κ2) is 9.88. The number of alkyl carbamates (subject to hydrolysis) is 1. The summed E-state index contributed by atoms with van der Waals surface area (Å²) in [7, 11) is 0. The lowest BCUT2D eigenvalue weighted by Crippen LogP contribution is -2.44. The third-order valence-electron chi connectivity index (χ3n) is 3.05. The highest BCUT2D eigenvalue weighted by atomic mass is 16.6. The van der Waals surface area contributed by atoms with Gasteiger partial charge in [0, 0.05) is 13.0 Å². The number of aliphatic carboxylic acids is 1. The normalized spacial score (nSPS) is 12.3. The molecular weight excluding hydrogens is 326 g/mol. The van der Waals surface area contributed by atoms with Crippen molar-refractivity contribution in [3.8, 4) is 5.75 Å². The number of hydrogen-bond acceptors (Lipinski definition) is 5. The van der Waals surface area contributed by atoms with Gasteiger partial charge >= 0.3 is 12.1 Å². The molecule has 0 aliphatic rings. The number of carbonyl (C=O) groups is 2. The van der Waals surface area contributed by atoms with E-state index in [-0.39, 0.29) is 6.42 Å². The monoisotopic (exact) mass is 353 g/mol. The Morgan fingerprint density at radius 3 is 2.32 bits per heavy atom. The number of hydrogen-bond donors (Lipinski definition) is 2. The Bertz CT molecular complexity index is 550. The van der Waals surface area contributed by atoms with Gasteiger partial charge in [0.2, 0.25) is 0 Å². The topological polar surface area (TPSA) is 94.1 Å². The van der Waals surface area contributed by atoms with E-state index in [4.69, 9.17) is 14.2 Å². The maximum Gasteiger partial charge on any atom is 0.408 e. The number of amides is 1. The number of carboxylic acids is 1. The fraction of sp³-hybridized carbons (Fsp3) is 0.556. The molecule has 0 aliphatic heterocycles. The number of carboxylic acid groups (broad SMARTS) is 1. The van der Waals surface area contributed by atoms with E-state index in [1.54, 1.807) is 45.0 Å². The molecular formula is C18H27NO6. The first-order valence-corrected chi connectivity index (χ1v) is 8.23. The van der Waals surface area contributed by atoms with Gasteiger partial charge in [-0.2, -0.15) is 0 Å². The zero-order valence-electron chi connectivity index (χ0n) is 15.2. The Morgan fingerprint density at radius 2 is 1.80 bits per heavy atom. The van der Waals surface area contributed by atoms with Crippen molar-refractivity contribution in [2.45, 2.75) is 45.8 Å². The van der Waals surface area contributed by atoms with Gasteiger partial charge in [0.05, 0.1) is 6.61 Å². The van der Waals surface area contributed by atoms with Crippen LogP contribution in [-0.4, -0.2) is 48.6 Å². The minimum atomic E-state index is -1.12. The molecule has 1 atom stereocenters. The van der Waals surface area contributed by atoms with Gasteiger partial charge in [0.25, 0.3) is 0 Å². The van der Waals surface area contributed by atoms with Crippen LogP contribution in [-0.2, 0) is 20.7 Å². The van der Waals surface area contributed by atoms with Crippen molar-refractivity contribution >= 4 is 12.1 Å². The van der Waals surface area contributed by atoms with Crippen LogP contribution in [0.1, 0.15) is 33.3 Å². The lowest BCUT2D eigenvalue weighted by molar-refractivity contribution is -0.139. The molecule has 0 unspecified atom stereocenters. The fourth-order valence-corrected chi connectivity index (χ4v) is 1.97. The Balaban J connectivity index is 2.57. The average Bonchev–Trinajstić information content (AvgIpc) is 2.50. The predicted molar refractivity (Wildman–Crippen MR) is 92.9 cm³/mol. The lowest BCUT2D eigenvalue weighted by atomic mass is 10.1. The average molecular weight is 353 g/mol. The fourth-order valence-electron chi connectivity index (χ4n) is 1.97. The molecule has 0 spiro atoms. The molecule has 1 aromatic carbocycles. The van der Waals surface area contributed by atoms with Crippen LogP contribution in [0.2, 0.25) is 0 Å². The third kappa shape index (κ3) is 8.95. The predicted octanol–water partition coefficient (Wildman–Crippen LogP) is 2.62. The van der Waals surface area contributed by atoms with Crippen LogP contribution < -0.4 is 10.1 Å². The Kier molecular flexibility index (Phi) is 8.21. The summed E-state index contributed by atoms with van der Waals surface area (Å²) < 4.78 is 15.8. The van der Waals surface area contributed by atoms with E-state index in [9.17, 15) is 14.7 Å². The summed E-state index contributed by atoms with van der Waals surface area (Å²) in [6.07, 6.45) is -0.607. The summed E-state index contributed by atoms with van der Waals surface area (Å²) in [5.41, 5.74) is 0.0776. The molecule has 0 aromatic heterocycles. The molecule has 0 bridgehead atoms. The summed E-state index contributed by atoms with van der Waals surface area (Å²) >= 11 is 0. The van der Waals surface area contributed by atoms with Crippen LogP contribution in [0.15, 0.2) is 24.3 Å². The van der Waals surface area contributed by atoms with E-state index in [1.807, 2.05) is 6.92 Å². The Morgan fingerprint density at radius 1 is 1.16 bits per heavy atom. The van der Waals surface area contributed by atoms with Crippen LogP contribution in [0.3, 0.4) is 0 Å². The second-order valence-electron chi connectivity index (χ2n) is 6.43. The molecule has 2 N–H and O–H groups in total. The zero-order chi connectivity index (χ0) is 18.9. The van der Waals surface area contributed by atoms with Gasteiger partial charge in [-0.1, -0.05) is 12.1 Å². The number of carbonyl (C=O) groups excluding carboxylic acids is 1. The van der Waals surface area contributed by atoms with Crippen molar-refractivity contribution in [2.75, 3.05) is 19.8 Å². The minimum Gasteiger partial charge on any atom is -0.491 e. The molecule has 0 heterocycles. The molecule has 140 valence electrons. The molecule has 0 saturated carbocycles. The van der Waals surface area contributed by atoms with E-state index in [0.717, 1.165) is 5.56 Å². The molecule has 0 saturated heterocycles. The summed E-state index contributed by atoms with van der Waals surface area (Å²) in [5.74, 6) is -0.446. The van der Waals surface area contributed by atoms with Gasteiger partial charge in [-0.3, -0.25) is 0 Å². The molecule has 0 radical (unpaired) electrons. The van der Waals surface area contributed by atoms with Crippen LogP contribution in [0, 0.1) is 0 Å². The molecule has 7 nitrogen and oxygen atoms in total. The quantitative estimate of drug-likeness (QED) is 0.663. The largest absolute Gasteiger partial charge is 0.491 e. The molecule has 1 amide bonds. The highest BCUT2D eigenvalue weighted by Crippen LogP contribution is 2.14. The van der Waals surface area contributed by atoms with E-state index >= 15 is 0 Å². The zero-order valence-corrected chi connectivity index (χ0v) is 15.2. The summed E-state index contributed by atoms with van der Waals surface area (Å²) in [5, 5.41) is 11.7. The number of benzene rings is 1. The Labute approximate surface area is 148 Å². The van der Waals surface area contributed by atoms with Crippen molar-refractivity contribution < 1.29 is 28.9 Å². The van der Waals surface area contributed by atoms with Crippen LogP contribution in [0.5, 0.6) is 5.75 Å². The number of nitrogens with one attached hydrogen (secondary N) is 1. The number of ether oxygens (including phenoxy) is 3. The summed E-state index contributed by atoms with van der Waals surface area (Å²) in [6, 6.07) is 5.98. The molecule has 25 heavy (non-hydrogen) atoms. The van der Waals surface area contributed by atoms with Crippen molar-refractivity contribution in [2.24, 2.45) is 0 Å². The van der Waals surface area contributed by atoms with Crippen LogP contribution in [0.4, 0.5) is 4.79 Å². The molecule has 1 aromatic rings. The SMILES string of the molecule is CCOCCOc1ccc(C[C@@H](NC(=O)OC(C)(C)C)C(=O)O)cc1. The van der Waals surface area contributed by atoms with Gasteiger partial charge in [0.1, 0.15) is 24.0 Å². The lowest BCUT2D eigenvalue weighted by Gasteiger charge is -2.22. The highest BCUT2D eigenvalue weighted by Gasteiger charge is 2.24. The summed E-state index contributed by atoms with van der Waals surface area (Å²) in [4.78, 5) is 23.1. The van der Waals surface area contributed by atoms with E-state index in [0.29, 0.717) is 25.6 Å². The maximum atomic E-state index is 11.8. The molecule has 0 fully saturated rings. The van der Waals surface area contributed by atoms with E-state index in [2.05, 4.69) is 5.32 Å². The van der Waals surface area contributed by atoms with Gasteiger partial charge in [0.15, 0.2) is 0 Å². The number of rotatable bonds is 9. The van der Waals surface area contributed by atoms with Crippen LogP contribution >= 0.6 is 0 Å². The van der Waals surface area contributed by atoms with E-state index in [1.165, 1.54) is 0 Å². The van der Waals surface area contributed by atoms with E-state index < -0.39 is 23.7 Å². The third-order valence-corrected chi connectivity index (χ3v) is 3.05. The standard InChI is InChI=1S/C18H27NO6/c1-5-23-10-11-24-14-8-6-13(7-9-14)12-15(16(20)21)19-17(22)25-18(2,3)4/h6-9,15H,5,10-12H2,1-4H3,(H,19,22)(H,20,21)/t15-/m1/s1. The first-order valence-electron chi connectivity index (χ1n) is 8.23. The van der Waals surface area contributed by atoms with Crippen molar-refractivity contribution in [3.63, 3.8) is 0 Å². The van der Waals surface area contributed by atoms with Crippen molar-refractivity contribution in [3.05, 3.63) is 29.8 Å².